The summed E-state index contributed by atoms with van der Waals surface area (Å²) in [6.07, 6.45) is 6.81. The van der Waals surface area contributed by atoms with E-state index in [1.54, 1.807) is 0 Å². The predicted octanol–water partition coefficient (Wildman–Crippen LogP) is 5.82. The van der Waals surface area contributed by atoms with E-state index >= 15 is 0 Å². The monoisotopic (exact) mass is 549 g/mol. The lowest BCUT2D eigenvalue weighted by molar-refractivity contribution is 0.140. The molecule has 0 bridgehead atoms. The van der Waals surface area contributed by atoms with Gasteiger partial charge < -0.3 is 20.4 Å². The van der Waals surface area contributed by atoms with E-state index in [-0.39, 0.29) is 11.1 Å². The Bertz CT molecular complexity index is 1140. The fourth-order valence-electron chi connectivity index (χ4n) is 6.16. The van der Waals surface area contributed by atoms with Crippen LogP contribution in [-0.4, -0.2) is 50.6 Å². The second-order valence-corrected chi connectivity index (χ2v) is 13.0. The zero-order chi connectivity index (χ0) is 28.0. The Morgan fingerprint density at radius 2 is 1.64 bits per heavy atom. The van der Waals surface area contributed by atoms with Crippen molar-refractivity contribution in [1.82, 2.24) is 25.0 Å². The number of hydrogen-bond donors (Lipinski definition) is 2. The van der Waals surface area contributed by atoms with Gasteiger partial charge in [-0.3, -0.25) is 4.98 Å². The first-order chi connectivity index (χ1) is 18.6. The van der Waals surface area contributed by atoms with Crippen LogP contribution in [0.5, 0.6) is 0 Å². The maximum Gasteiger partial charge on any atom is 0.205 e. The van der Waals surface area contributed by atoms with Crippen molar-refractivity contribution in [3.8, 4) is 0 Å². The SMILES string of the molecule is CCN(CC)c1ccc(CN(Cc2cccnc2)c2nc(CC(C)NC3CC(C)(C)NC(C)(C)C3)ns2)cc1. The molecule has 212 valence electrons. The van der Waals surface area contributed by atoms with Crippen LogP contribution in [0.4, 0.5) is 10.8 Å². The van der Waals surface area contributed by atoms with Gasteiger partial charge in [0.2, 0.25) is 5.13 Å². The van der Waals surface area contributed by atoms with E-state index in [4.69, 9.17) is 9.36 Å². The fraction of sp³-hybridized carbons (Fsp3) is 0.581. The number of piperidine rings is 1. The summed E-state index contributed by atoms with van der Waals surface area (Å²) in [4.78, 5) is 14.0. The number of nitrogens with one attached hydrogen (secondary N) is 2. The zero-order valence-electron chi connectivity index (χ0n) is 24.9. The first-order valence-electron chi connectivity index (χ1n) is 14.4. The third kappa shape index (κ3) is 8.47. The lowest BCUT2D eigenvalue weighted by Crippen LogP contribution is -2.62. The standard InChI is InChI=1S/C31H47N7S/c1-8-37(9-2)27-14-12-24(13-15-27)21-38(22-25-11-10-16-32-20-25)29-34-28(35-39-29)17-23(3)33-26-18-30(4,5)36-31(6,7)19-26/h10-16,20,23,26,33,36H,8-9,17-19,21-22H2,1-7H3. The van der Waals surface area contributed by atoms with Crippen LogP contribution in [0.2, 0.25) is 0 Å². The Morgan fingerprint density at radius 3 is 2.26 bits per heavy atom. The van der Waals surface area contributed by atoms with Gasteiger partial charge in [0.05, 0.1) is 0 Å². The molecular weight excluding hydrogens is 502 g/mol. The van der Waals surface area contributed by atoms with Gasteiger partial charge in [-0.05, 0) is 90.6 Å². The summed E-state index contributed by atoms with van der Waals surface area (Å²) in [6.45, 7) is 19.4. The van der Waals surface area contributed by atoms with Gasteiger partial charge >= 0.3 is 0 Å². The molecule has 39 heavy (non-hydrogen) atoms. The third-order valence-corrected chi connectivity index (χ3v) is 8.28. The van der Waals surface area contributed by atoms with Gasteiger partial charge in [-0.25, -0.2) is 4.98 Å². The molecule has 4 rings (SSSR count). The molecule has 1 aromatic carbocycles. The van der Waals surface area contributed by atoms with Gasteiger partial charge in [0.1, 0.15) is 5.82 Å². The van der Waals surface area contributed by atoms with E-state index < -0.39 is 0 Å². The number of hydrogen-bond acceptors (Lipinski definition) is 8. The minimum atomic E-state index is 0.127. The topological polar surface area (TPSA) is 69.2 Å². The van der Waals surface area contributed by atoms with E-state index in [9.17, 15) is 0 Å². The van der Waals surface area contributed by atoms with Crippen molar-refractivity contribution in [2.45, 2.75) is 104 Å². The van der Waals surface area contributed by atoms with Crippen LogP contribution in [0.3, 0.4) is 0 Å². The first kappa shape index (κ1) is 29.4. The van der Waals surface area contributed by atoms with Gasteiger partial charge in [0.25, 0.3) is 0 Å². The van der Waals surface area contributed by atoms with Crippen LogP contribution in [-0.2, 0) is 19.5 Å². The van der Waals surface area contributed by atoms with E-state index in [1.807, 2.05) is 18.5 Å². The van der Waals surface area contributed by atoms with Crippen molar-refractivity contribution in [2.75, 3.05) is 22.9 Å². The molecule has 7 nitrogen and oxygen atoms in total. The van der Waals surface area contributed by atoms with E-state index in [0.717, 1.165) is 56.4 Å². The van der Waals surface area contributed by atoms with E-state index in [2.05, 4.69) is 104 Å². The van der Waals surface area contributed by atoms with Crippen molar-refractivity contribution in [2.24, 2.45) is 0 Å². The number of benzene rings is 1. The van der Waals surface area contributed by atoms with Gasteiger partial charge in [0, 0.05) is 85.4 Å². The van der Waals surface area contributed by atoms with Crippen molar-refractivity contribution < 1.29 is 0 Å². The summed E-state index contributed by atoms with van der Waals surface area (Å²) < 4.78 is 4.78. The normalized spacial score (nSPS) is 17.6. The van der Waals surface area contributed by atoms with E-state index in [0.29, 0.717) is 12.1 Å². The highest BCUT2D eigenvalue weighted by molar-refractivity contribution is 7.09. The number of pyridine rings is 1. The third-order valence-electron chi connectivity index (χ3n) is 7.46. The number of anilines is 2. The highest BCUT2D eigenvalue weighted by Gasteiger charge is 2.37. The number of rotatable bonds is 12. The summed E-state index contributed by atoms with van der Waals surface area (Å²) in [6, 6.07) is 13.8. The average Bonchev–Trinajstić information content (AvgIpc) is 3.32. The zero-order valence-corrected chi connectivity index (χ0v) is 25.7. The minimum absolute atomic E-state index is 0.127. The Kier molecular flexibility index (Phi) is 9.62. The van der Waals surface area contributed by atoms with Gasteiger partial charge in [-0.15, -0.1) is 0 Å². The Morgan fingerprint density at radius 1 is 0.974 bits per heavy atom. The smallest absolute Gasteiger partial charge is 0.205 e. The summed E-state index contributed by atoms with van der Waals surface area (Å²) in [5.41, 5.74) is 3.95. The highest BCUT2D eigenvalue weighted by Crippen LogP contribution is 2.29. The summed E-state index contributed by atoms with van der Waals surface area (Å²) in [5.74, 6) is 0.913. The molecule has 1 atom stereocenters. The molecule has 0 aliphatic carbocycles. The average molecular weight is 550 g/mol. The van der Waals surface area contributed by atoms with Crippen LogP contribution >= 0.6 is 11.5 Å². The largest absolute Gasteiger partial charge is 0.372 e. The van der Waals surface area contributed by atoms with Crippen molar-refractivity contribution in [1.29, 1.82) is 0 Å². The van der Waals surface area contributed by atoms with Crippen molar-refractivity contribution >= 4 is 22.4 Å². The van der Waals surface area contributed by atoms with Gasteiger partial charge in [0.15, 0.2) is 0 Å². The Labute approximate surface area is 239 Å². The van der Waals surface area contributed by atoms with Crippen LogP contribution in [0, 0.1) is 0 Å². The number of nitrogens with zero attached hydrogens (tertiary/aromatic N) is 5. The molecule has 1 unspecified atom stereocenters. The maximum atomic E-state index is 5.02. The van der Waals surface area contributed by atoms with Crippen molar-refractivity contribution in [3.05, 3.63) is 65.7 Å². The van der Waals surface area contributed by atoms with Crippen LogP contribution in [0.1, 0.15) is 78.3 Å². The van der Waals surface area contributed by atoms with Crippen LogP contribution in [0.25, 0.3) is 0 Å². The molecule has 0 spiro atoms. The molecular formula is C31H47N7S. The molecule has 1 fully saturated rings. The predicted molar refractivity (Wildman–Crippen MR) is 165 cm³/mol. The summed E-state index contributed by atoms with van der Waals surface area (Å²) in [7, 11) is 0. The van der Waals surface area contributed by atoms with Gasteiger partial charge in [-0.2, -0.15) is 4.37 Å². The molecule has 1 aliphatic rings. The molecule has 1 aliphatic heterocycles. The minimum Gasteiger partial charge on any atom is -0.372 e. The summed E-state index contributed by atoms with van der Waals surface area (Å²) >= 11 is 1.50. The van der Waals surface area contributed by atoms with Gasteiger partial charge in [-0.1, -0.05) is 18.2 Å². The second-order valence-electron chi connectivity index (χ2n) is 12.3. The molecule has 3 aromatic rings. The molecule has 0 amide bonds. The van der Waals surface area contributed by atoms with E-state index in [1.165, 1.54) is 28.3 Å². The number of aromatic nitrogens is 3. The molecule has 0 radical (unpaired) electrons. The highest BCUT2D eigenvalue weighted by atomic mass is 32.1. The second kappa shape index (κ2) is 12.7. The molecule has 8 heteroatoms. The Balaban J connectivity index is 1.45. The lowest BCUT2D eigenvalue weighted by atomic mass is 9.79. The van der Waals surface area contributed by atoms with Crippen LogP contribution in [0.15, 0.2) is 48.8 Å². The molecule has 2 aromatic heterocycles. The molecule has 0 saturated carbocycles. The quantitative estimate of drug-likeness (QED) is 0.295. The summed E-state index contributed by atoms with van der Waals surface area (Å²) in [5, 5.41) is 8.62. The van der Waals surface area contributed by atoms with Crippen LogP contribution < -0.4 is 20.4 Å². The van der Waals surface area contributed by atoms with Crippen molar-refractivity contribution in [3.63, 3.8) is 0 Å². The molecule has 2 N–H and O–H groups in total. The fourth-order valence-corrected chi connectivity index (χ4v) is 6.85. The molecule has 1 saturated heterocycles. The maximum absolute atomic E-state index is 5.02. The first-order valence-corrected chi connectivity index (χ1v) is 15.2. The lowest BCUT2D eigenvalue weighted by Gasteiger charge is -2.47. The Hall–Kier alpha value is -2.55. The molecule has 3 heterocycles.